The number of hydrogen-bond donors (Lipinski definition) is 0. The molecule has 0 aliphatic heterocycles. The maximum Gasteiger partial charge on any atom is 0.145 e. The van der Waals surface area contributed by atoms with Crippen LogP contribution in [0.4, 0.5) is 0 Å². The number of fused-ring (bicyclic) bond motifs is 3. The van der Waals surface area contributed by atoms with Gasteiger partial charge in [-0.2, -0.15) is 0 Å². The Morgan fingerprint density at radius 2 is 0.797 bits per heavy atom. The molecule has 59 heavy (non-hydrogen) atoms. The molecular weight excluding hydrogens is 713 g/mol. The zero-order valence-electron chi connectivity index (χ0n) is 32.3. The summed E-state index contributed by atoms with van der Waals surface area (Å²) in [6, 6.07) is 83.2. The van der Waals surface area contributed by atoms with Gasteiger partial charge in [-0.1, -0.05) is 182 Å². The summed E-state index contributed by atoms with van der Waals surface area (Å²) in [5.74, 6) is 0.926. The second kappa shape index (κ2) is 14.6. The molecule has 0 bridgehead atoms. The summed E-state index contributed by atoms with van der Waals surface area (Å²) in [5.41, 5.74) is 16.3. The molecule has 0 N–H and O–H groups in total. The van der Waals surface area contributed by atoms with E-state index in [1.807, 2.05) is 0 Å². The fourth-order valence-electron chi connectivity index (χ4n) is 8.81. The number of hydrogen-bond acceptors (Lipinski definition) is 1. The highest BCUT2D eigenvalue weighted by atomic mass is 15.1. The molecule has 0 spiro atoms. The standard InChI is InChI=1S/C57H38N2/c1-4-17-40(18-5-1)47-24-10-12-26-49(47)51-28-16-21-43-36-53-45(38-52(43)51)35-44(37-54(53)50-27-13-11-25-48(50)41-19-6-2-7-20-41)39-31-33-42(34-32-39)57-58-55-29-14-15-30-56(55)59(57)46-22-8-3-9-23-46/h1-38H. The molecule has 11 rings (SSSR count). The molecule has 0 unspecified atom stereocenters. The highest BCUT2D eigenvalue weighted by molar-refractivity contribution is 6.12. The van der Waals surface area contributed by atoms with Crippen LogP contribution >= 0.6 is 0 Å². The minimum Gasteiger partial charge on any atom is -0.292 e. The van der Waals surface area contributed by atoms with Crippen LogP contribution in [0.1, 0.15) is 0 Å². The van der Waals surface area contributed by atoms with Crippen molar-refractivity contribution in [1.29, 1.82) is 0 Å². The lowest BCUT2D eigenvalue weighted by Gasteiger charge is -2.18. The van der Waals surface area contributed by atoms with Crippen LogP contribution in [0.2, 0.25) is 0 Å². The largest absolute Gasteiger partial charge is 0.292 e. The first-order chi connectivity index (χ1) is 29.3. The van der Waals surface area contributed by atoms with E-state index in [1.165, 1.54) is 71.6 Å². The van der Waals surface area contributed by atoms with Gasteiger partial charge in [0, 0.05) is 11.3 Å². The average Bonchev–Trinajstić information content (AvgIpc) is 3.71. The smallest absolute Gasteiger partial charge is 0.145 e. The van der Waals surface area contributed by atoms with Crippen molar-refractivity contribution >= 4 is 32.6 Å². The highest BCUT2D eigenvalue weighted by Gasteiger charge is 2.18. The molecule has 11 aromatic rings. The maximum atomic E-state index is 5.15. The van der Waals surface area contributed by atoms with Crippen LogP contribution in [0.5, 0.6) is 0 Å². The molecule has 0 radical (unpaired) electrons. The molecule has 0 atom stereocenters. The van der Waals surface area contributed by atoms with E-state index >= 15 is 0 Å². The molecule has 1 heterocycles. The predicted octanol–water partition coefficient (Wildman–Crippen LogP) is 15.3. The Hall–Kier alpha value is -7.81. The number of para-hydroxylation sites is 3. The molecule has 2 heteroatoms. The molecule has 0 saturated heterocycles. The Labute approximate surface area is 344 Å². The quantitative estimate of drug-likeness (QED) is 0.148. The number of aromatic nitrogens is 2. The topological polar surface area (TPSA) is 17.8 Å². The SMILES string of the molecule is c1ccc(-c2ccccc2-c2cccc3cc4c(-c5ccccc5-c5ccccc5)cc(-c5ccc(-c6nc7ccccc7n6-c6ccccc6)cc5)cc4cc23)cc1. The first-order valence-corrected chi connectivity index (χ1v) is 20.2. The van der Waals surface area contributed by atoms with Crippen LogP contribution in [0.3, 0.4) is 0 Å². The van der Waals surface area contributed by atoms with E-state index in [1.54, 1.807) is 0 Å². The summed E-state index contributed by atoms with van der Waals surface area (Å²) in [6.07, 6.45) is 0. The molecule has 1 aromatic heterocycles. The third kappa shape index (κ3) is 6.19. The van der Waals surface area contributed by atoms with Crippen LogP contribution in [0, 0.1) is 0 Å². The number of rotatable bonds is 7. The van der Waals surface area contributed by atoms with E-state index in [-0.39, 0.29) is 0 Å². The van der Waals surface area contributed by atoms with Gasteiger partial charge in [0.2, 0.25) is 0 Å². The molecule has 2 nitrogen and oxygen atoms in total. The van der Waals surface area contributed by atoms with Crippen molar-refractivity contribution < 1.29 is 0 Å². The molecular formula is C57H38N2. The molecule has 0 amide bonds. The van der Waals surface area contributed by atoms with Gasteiger partial charge >= 0.3 is 0 Å². The van der Waals surface area contributed by atoms with Crippen molar-refractivity contribution in [2.45, 2.75) is 0 Å². The summed E-state index contributed by atoms with van der Waals surface area (Å²) in [4.78, 5) is 5.15. The number of nitrogens with zero attached hydrogens (tertiary/aromatic N) is 2. The van der Waals surface area contributed by atoms with Crippen molar-refractivity contribution in [1.82, 2.24) is 9.55 Å². The maximum absolute atomic E-state index is 5.15. The highest BCUT2D eigenvalue weighted by Crippen LogP contribution is 2.43. The number of benzene rings is 10. The lowest BCUT2D eigenvalue weighted by atomic mass is 9.86. The minimum absolute atomic E-state index is 0.926. The van der Waals surface area contributed by atoms with Gasteiger partial charge in [0.15, 0.2) is 0 Å². The Balaban J connectivity index is 1.11. The Kier molecular flexibility index (Phi) is 8.52. The van der Waals surface area contributed by atoms with Gasteiger partial charge in [0.05, 0.1) is 11.0 Å². The third-order valence-electron chi connectivity index (χ3n) is 11.6. The van der Waals surface area contributed by atoms with Crippen molar-refractivity contribution in [3.05, 3.63) is 231 Å². The predicted molar refractivity (Wildman–Crippen MR) is 249 cm³/mol. The molecule has 0 fully saturated rings. The van der Waals surface area contributed by atoms with E-state index in [0.29, 0.717) is 0 Å². The second-order valence-corrected chi connectivity index (χ2v) is 15.1. The first kappa shape index (κ1) is 34.4. The van der Waals surface area contributed by atoms with Crippen LogP contribution in [0.15, 0.2) is 231 Å². The van der Waals surface area contributed by atoms with Gasteiger partial charge < -0.3 is 0 Å². The molecule has 276 valence electrons. The van der Waals surface area contributed by atoms with Gasteiger partial charge in [-0.3, -0.25) is 4.57 Å². The van der Waals surface area contributed by atoms with Crippen LogP contribution in [-0.2, 0) is 0 Å². The monoisotopic (exact) mass is 750 g/mol. The van der Waals surface area contributed by atoms with Crippen molar-refractivity contribution in [3.63, 3.8) is 0 Å². The fraction of sp³-hybridized carbons (Fsp3) is 0. The molecule has 0 aliphatic carbocycles. The fourth-order valence-corrected chi connectivity index (χ4v) is 8.81. The van der Waals surface area contributed by atoms with Crippen molar-refractivity contribution in [3.8, 4) is 72.7 Å². The Bertz CT molecular complexity index is 3290. The lowest BCUT2D eigenvalue weighted by molar-refractivity contribution is 1.10. The van der Waals surface area contributed by atoms with Gasteiger partial charge in [-0.25, -0.2) is 4.98 Å². The van der Waals surface area contributed by atoms with Gasteiger partial charge in [-0.15, -0.1) is 0 Å². The second-order valence-electron chi connectivity index (χ2n) is 15.1. The van der Waals surface area contributed by atoms with Crippen molar-refractivity contribution in [2.75, 3.05) is 0 Å². The Morgan fingerprint density at radius 1 is 0.288 bits per heavy atom. The summed E-state index contributed by atoms with van der Waals surface area (Å²) in [7, 11) is 0. The van der Waals surface area contributed by atoms with Crippen LogP contribution in [-0.4, -0.2) is 9.55 Å². The zero-order valence-corrected chi connectivity index (χ0v) is 32.3. The molecule has 0 saturated carbocycles. The van der Waals surface area contributed by atoms with Gasteiger partial charge in [-0.05, 0) is 126 Å². The van der Waals surface area contributed by atoms with E-state index in [2.05, 4.69) is 235 Å². The van der Waals surface area contributed by atoms with Crippen molar-refractivity contribution in [2.24, 2.45) is 0 Å². The summed E-state index contributed by atoms with van der Waals surface area (Å²) < 4.78 is 2.26. The zero-order chi connectivity index (χ0) is 39.1. The number of imidazole rings is 1. The Morgan fingerprint density at radius 3 is 1.47 bits per heavy atom. The van der Waals surface area contributed by atoms with Gasteiger partial charge in [0.1, 0.15) is 5.82 Å². The van der Waals surface area contributed by atoms with Crippen LogP contribution < -0.4 is 0 Å². The van der Waals surface area contributed by atoms with E-state index in [0.717, 1.165) is 33.7 Å². The van der Waals surface area contributed by atoms with E-state index < -0.39 is 0 Å². The third-order valence-corrected chi connectivity index (χ3v) is 11.6. The molecule has 10 aromatic carbocycles. The van der Waals surface area contributed by atoms with E-state index in [9.17, 15) is 0 Å². The van der Waals surface area contributed by atoms with Gasteiger partial charge in [0.25, 0.3) is 0 Å². The lowest BCUT2D eigenvalue weighted by Crippen LogP contribution is -1.97. The summed E-state index contributed by atoms with van der Waals surface area (Å²) >= 11 is 0. The summed E-state index contributed by atoms with van der Waals surface area (Å²) in [6.45, 7) is 0. The first-order valence-electron chi connectivity index (χ1n) is 20.2. The average molecular weight is 751 g/mol. The normalized spacial score (nSPS) is 11.4. The van der Waals surface area contributed by atoms with E-state index in [4.69, 9.17) is 4.98 Å². The molecule has 0 aliphatic rings. The minimum atomic E-state index is 0.926. The summed E-state index contributed by atoms with van der Waals surface area (Å²) in [5, 5.41) is 4.88. The van der Waals surface area contributed by atoms with Crippen LogP contribution in [0.25, 0.3) is 105 Å².